The zero-order valence-corrected chi connectivity index (χ0v) is 12.4. The van der Waals surface area contributed by atoms with Gasteiger partial charge in [-0.2, -0.15) is 0 Å². The van der Waals surface area contributed by atoms with Gasteiger partial charge in [0.1, 0.15) is 0 Å². The number of rotatable bonds is 4. The highest BCUT2D eigenvalue weighted by molar-refractivity contribution is 9.11. The maximum absolute atomic E-state index is 4.53. The monoisotopic (exact) mass is 316 g/mol. The van der Waals surface area contributed by atoms with Gasteiger partial charge in [-0.1, -0.05) is 0 Å². The fourth-order valence-corrected chi connectivity index (χ4v) is 3.75. The van der Waals surface area contributed by atoms with Crippen molar-refractivity contribution >= 4 is 38.6 Å². The van der Waals surface area contributed by atoms with Crippen molar-refractivity contribution in [3.63, 3.8) is 0 Å². The third-order valence-electron chi connectivity index (χ3n) is 2.38. The zero-order chi connectivity index (χ0) is 11.5. The molecule has 0 bridgehead atoms. The lowest BCUT2D eigenvalue weighted by molar-refractivity contribution is 0.582. The van der Waals surface area contributed by atoms with Crippen LogP contribution in [-0.2, 0) is 6.42 Å². The van der Waals surface area contributed by atoms with E-state index in [1.54, 1.807) is 22.7 Å². The van der Waals surface area contributed by atoms with Crippen LogP contribution in [0.2, 0.25) is 0 Å². The Morgan fingerprint density at radius 1 is 1.50 bits per heavy atom. The number of hydrogen-bond acceptors (Lipinski definition) is 4. The number of likely N-dealkylation sites (N-methyl/N-ethyl adjacent to an activating group) is 1. The van der Waals surface area contributed by atoms with Crippen LogP contribution >= 0.6 is 38.6 Å². The van der Waals surface area contributed by atoms with E-state index in [-0.39, 0.29) is 0 Å². The predicted molar refractivity (Wildman–Crippen MR) is 74.4 cm³/mol. The summed E-state index contributed by atoms with van der Waals surface area (Å²) in [7, 11) is 1.99. The lowest BCUT2D eigenvalue weighted by atomic mass is 10.1. The first-order valence-electron chi connectivity index (χ1n) is 5.02. The Kier molecular flexibility index (Phi) is 4.13. The summed E-state index contributed by atoms with van der Waals surface area (Å²) >= 11 is 6.98. The topological polar surface area (TPSA) is 24.9 Å². The molecule has 2 rings (SSSR count). The number of thiophene rings is 1. The van der Waals surface area contributed by atoms with Gasteiger partial charge in [0.2, 0.25) is 0 Å². The number of hydrogen-bond donors (Lipinski definition) is 1. The van der Waals surface area contributed by atoms with Gasteiger partial charge in [-0.15, -0.1) is 22.7 Å². The highest BCUT2D eigenvalue weighted by atomic mass is 79.9. The Morgan fingerprint density at radius 3 is 2.81 bits per heavy atom. The average Bonchev–Trinajstić information content (AvgIpc) is 2.84. The van der Waals surface area contributed by atoms with Crippen molar-refractivity contribution in [2.24, 2.45) is 0 Å². The van der Waals surface area contributed by atoms with Gasteiger partial charge < -0.3 is 5.32 Å². The Hall–Kier alpha value is -0.230. The standard InChI is InChI=1S/C11H13BrN2S2/c1-7-14-10(6-15-7)9(13-2)5-8-3-4-11(12)16-8/h3-4,6,9,13H,5H2,1-2H3. The SMILES string of the molecule is CNC(Cc1ccc(Br)s1)c1csc(C)n1. The smallest absolute Gasteiger partial charge is 0.0898 e. The van der Waals surface area contributed by atoms with Crippen LogP contribution in [0.3, 0.4) is 0 Å². The Balaban J connectivity index is 2.12. The van der Waals surface area contributed by atoms with Crippen LogP contribution in [0.15, 0.2) is 21.3 Å². The highest BCUT2D eigenvalue weighted by Gasteiger charge is 2.14. The first kappa shape index (κ1) is 12.2. The third-order valence-corrected chi connectivity index (χ3v) is 4.81. The maximum Gasteiger partial charge on any atom is 0.0898 e. The molecule has 0 fully saturated rings. The van der Waals surface area contributed by atoms with Gasteiger partial charge in [0.25, 0.3) is 0 Å². The van der Waals surface area contributed by atoms with E-state index in [4.69, 9.17) is 0 Å². The first-order chi connectivity index (χ1) is 7.69. The van der Waals surface area contributed by atoms with Crippen molar-refractivity contribution in [3.8, 4) is 0 Å². The summed E-state index contributed by atoms with van der Waals surface area (Å²) in [5.74, 6) is 0. The molecule has 16 heavy (non-hydrogen) atoms. The lowest BCUT2D eigenvalue weighted by Crippen LogP contribution is -2.18. The van der Waals surface area contributed by atoms with Crippen LogP contribution in [0.1, 0.15) is 21.6 Å². The summed E-state index contributed by atoms with van der Waals surface area (Å²) in [5, 5.41) is 6.59. The molecular formula is C11H13BrN2S2. The Morgan fingerprint density at radius 2 is 2.31 bits per heavy atom. The van der Waals surface area contributed by atoms with Gasteiger partial charge in [0.15, 0.2) is 0 Å². The summed E-state index contributed by atoms with van der Waals surface area (Å²) in [4.78, 5) is 5.91. The summed E-state index contributed by atoms with van der Waals surface area (Å²) in [6.45, 7) is 2.04. The minimum atomic E-state index is 0.315. The van der Waals surface area contributed by atoms with E-state index >= 15 is 0 Å². The fraction of sp³-hybridized carbons (Fsp3) is 0.364. The number of aromatic nitrogens is 1. The van der Waals surface area contributed by atoms with Crippen molar-refractivity contribution in [2.45, 2.75) is 19.4 Å². The predicted octanol–water partition coefficient (Wildman–Crippen LogP) is 3.78. The van der Waals surface area contributed by atoms with Gasteiger partial charge >= 0.3 is 0 Å². The molecule has 0 aliphatic heterocycles. The van der Waals surface area contributed by atoms with Crippen LogP contribution in [-0.4, -0.2) is 12.0 Å². The Labute approximate surface area is 112 Å². The number of nitrogens with zero attached hydrogens (tertiary/aromatic N) is 1. The molecule has 1 unspecified atom stereocenters. The summed E-state index contributed by atoms with van der Waals surface area (Å²) in [6.07, 6.45) is 0.996. The minimum absolute atomic E-state index is 0.315. The molecule has 2 nitrogen and oxygen atoms in total. The fourth-order valence-electron chi connectivity index (χ4n) is 1.56. The molecule has 0 saturated carbocycles. The average molecular weight is 317 g/mol. The quantitative estimate of drug-likeness (QED) is 0.928. The normalized spacial score (nSPS) is 12.9. The molecule has 0 aliphatic carbocycles. The second-order valence-corrected chi connectivity index (χ2v) is 7.15. The number of nitrogens with one attached hydrogen (secondary N) is 1. The molecule has 0 amide bonds. The van der Waals surface area contributed by atoms with Crippen molar-refractivity contribution in [1.82, 2.24) is 10.3 Å². The van der Waals surface area contributed by atoms with Crippen LogP contribution < -0.4 is 5.32 Å². The second-order valence-electron chi connectivity index (χ2n) is 3.54. The van der Waals surface area contributed by atoms with Crippen molar-refractivity contribution in [3.05, 3.63) is 36.9 Å². The lowest BCUT2D eigenvalue weighted by Gasteiger charge is -2.12. The molecule has 1 N–H and O–H groups in total. The Bertz CT molecular complexity index is 464. The molecule has 0 radical (unpaired) electrons. The van der Waals surface area contributed by atoms with Gasteiger partial charge in [-0.25, -0.2) is 4.98 Å². The van der Waals surface area contributed by atoms with Crippen molar-refractivity contribution in [1.29, 1.82) is 0 Å². The van der Waals surface area contributed by atoms with Gasteiger partial charge in [0.05, 0.1) is 20.5 Å². The van der Waals surface area contributed by atoms with E-state index in [1.165, 1.54) is 8.66 Å². The van der Waals surface area contributed by atoms with Gasteiger partial charge in [-0.3, -0.25) is 0 Å². The second kappa shape index (κ2) is 5.40. The molecule has 0 spiro atoms. The van der Waals surface area contributed by atoms with E-state index in [0.717, 1.165) is 17.1 Å². The number of aryl methyl sites for hydroxylation is 1. The zero-order valence-electron chi connectivity index (χ0n) is 9.16. The van der Waals surface area contributed by atoms with Crippen molar-refractivity contribution in [2.75, 3.05) is 7.05 Å². The van der Waals surface area contributed by atoms with Crippen LogP contribution in [0.25, 0.3) is 0 Å². The number of thiazole rings is 1. The molecule has 0 aromatic carbocycles. The van der Waals surface area contributed by atoms with E-state index in [1.807, 2.05) is 14.0 Å². The minimum Gasteiger partial charge on any atom is -0.311 e. The molecule has 5 heteroatoms. The van der Waals surface area contributed by atoms with E-state index in [0.29, 0.717) is 6.04 Å². The third kappa shape index (κ3) is 2.91. The van der Waals surface area contributed by atoms with Crippen LogP contribution in [0.4, 0.5) is 0 Å². The van der Waals surface area contributed by atoms with Gasteiger partial charge in [-0.05, 0) is 42.0 Å². The maximum atomic E-state index is 4.53. The largest absolute Gasteiger partial charge is 0.311 e. The van der Waals surface area contributed by atoms with Crippen LogP contribution in [0, 0.1) is 6.92 Å². The van der Waals surface area contributed by atoms with E-state index in [9.17, 15) is 0 Å². The van der Waals surface area contributed by atoms with E-state index in [2.05, 4.69) is 43.7 Å². The molecule has 2 aromatic rings. The molecular weight excluding hydrogens is 304 g/mol. The summed E-state index contributed by atoms with van der Waals surface area (Å²) in [5.41, 5.74) is 1.15. The molecule has 2 heterocycles. The van der Waals surface area contributed by atoms with E-state index < -0.39 is 0 Å². The number of halogens is 1. The molecule has 0 saturated heterocycles. The molecule has 86 valence electrons. The molecule has 2 aromatic heterocycles. The van der Waals surface area contributed by atoms with Crippen molar-refractivity contribution < 1.29 is 0 Å². The summed E-state index contributed by atoms with van der Waals surface area (Å²) in [6, 6.07) is 4.58. The first-order valence-corrected chi connectivity index (χ1v) is 7.51. The highest BCUT2D eigenvalue weighted by Crippen LogP contribution is 2.27. The van der Waals surface area contributed by atoms with Gasteiger partial charge in [0, 0.05) is 16.7 Å². The summed E-state index contributed by atoms with van der Waals surface area (Å²) < 4.78 is 1.19. The van der Waals surface area contributed by atoms with Crippen LogP contribution in [0.5, 0.6) is 0 Å². The molecule has 1 atom stereocenters. The molecule has 0 aliphatic rings.